The normalized spacial score (nSPS) is 12.1. The zero-order valence-electron chi connectivity index (χ0n) is 18.1. The Morgan fingerprint density at radius 1 is 0.679 bits per heavy atom. The van der Waals surface area contributed by atoms with Gasteiger partial charge in [-0.05, 0) is 31.4 Å². The molecule has 0 radical (unpaired) electrons. The highest BCUT2D eigenvalue weighted by molar-refractivity contribution is 7.81. The number of ether oxygens (including phenoxy) is 1. The Bertz CT molecular complexity index is 375. The number of carbonyl (C=O) groups is 2. The Kier molecular flexibility index (Phi) is 21.4. The fourth-order valence-corrected chi connectivity index (χ4v) is 4.11. The maximum absolute atomic E-state index is 11.7. The van der Waals surface area contributed by atoms with Crippen molar-refractivity contribution in [2.24, 2.45) is 0 Å². The van der Waals surface area contributed by atoms with Gasteiger partial charge in [-0.15, -0.1) is 0 Å². The highest BCUT2D eigenvalue weighted by Gasteiger charge is 2.10. The van der Waals surface area contributed by atoms with Crippen molar-refractivity contribution in [1.29, 1.82) is 0 Å². The molecule has 0 fully saturated rings. The van der Waals surface area contributed by atoms with Crippen LogP contribution in [-0.4, -0.2) is 22.9 Å². The number of hydrogen-bond acceptors (Lipinski definition) is 5. The van der Waals surface area contributed by atoms with E-state index in [0.29, 0.717) is 18.1 Å². The van der Waals surface area contributed by atoms with Crippen molar-refractivity contribution in [2.45, 2.75) is 128 Å². The third kappa shape index (κ3) is 20.6. The first-order chi connectivity index (χ1) is 13.6. The van der Waals surface area contributed by atoms with Gasteiger partial charge in [0, 0.05) is 18.1 Å². The SMILES string of the molecule is CCCCCCCCCCCCCCC(=O)OC(=O)CCCCC(S)CCS. The Hall–Kier alpha value is -0.160. The topological polar surface area (TPSA) is 43.4 Å². The minimum atomic E-state index is -0.381. The molecule has 0 saturated carbocycles. The number of carbonyl (C=O) groups excluding carboxylic acids is 2. The lowest BCUT2D eigenvalue weighted by Gasteiger charge is -2.08. The van der Waals surface area contributed by atoms with E-state index < -0.39 is 0 Å². The lowest BCUT2D eigenvalue weighted by atomic mass is 10.0. The molecule has 0 amide bonds. The van der Waals surface area contributed by atoms with Gasteiger partial charge in [0.2, 0.25) is 0 Å². The number of esters is 2. The molecule has 1 unspecified atom stereocenters. The molecular formula is C23H44O3S2. The molecule has 1 atom stereocenters. The Balaban J connectivity index is 3.37. The van der Waals surface area contributed by atoms with Gasteiger partial charge >= 0.3 is 11.9 Å². The van der Waals surface area contributed by atoms with Crippen LogP contribution in [0.5, 0.6) is 0 Å². The summed E-state index contributed by atoms with van der Waals surface area (Å²) in [6, 6.07) is 0. The number of rotatable bonds is 20. The van der Waals surface area contributed by atoms with Gasteiger partial charge in [-0.3, -0.25) is 9.59 Å². The van der Waals surface area contributed by atoms with Crippen LogP contribution < -0.4 is 0 Å². The molecular weight excluding hydrogens is 388 g/mol. The monoisotopic (exact) mass is 432 g/mol. The molecule has 0 aliphatic heterocycles. The van der Waals surface area contributed by atoms with E-state index in [1.807, 2.05) is 0 Å². The first kappa shape index (κ1) is 27.8. The van der Waals surface area contributed by atoms with Crippen molar-refractivity contribution < 1.29 is 14.3 Å². The molecule has 0 spiro atoms. The average Bonchev–Trinajstić information content (AvgIpc) is 2.66. The number of hydrogen-bond donors (Lipinski definition) is 2. The Morgan fingerprint density at radius 2 is 1.11 bits per heavy atom. The van der Waals surface area contributed by atoms with E-state index in [2.05, 4.69) is 32.2 Å². The van der Waals surface area contributed by atoms with Gasteiger partial charge in [0.1, 0.15) is 0 Å². The van der Waals surface area contributed by atoms with Crippen LogP contribution in [-0.2, 0) is 14.3 Å². The molecule has 0 rings (SSSR count). The smallest absolute Gasteiger partial charge is 0.313 e. The summed E-state index contributed by atoms with van der Waals surface area (Å²) in [5.74, 6) is 0.0946. The summed E-state index contributed by atoms with van der Waals surface area (Å²) in [6.07, 6.45) is 19.5. The second-order valence-corrected chi connectivity index (χ2v) is 9.07. The van der Waals surface area contributed by atoms with Crippen LogP contribution in [0.1, 0.15) is 122 Å². The molecule has 0 aromatic carbocycles. The Morgan fingerprint density at radius 3 is 1.57 bits per heavy atom. The summed E-state index contributed by atoms with van der Waals surface area (Å²) in [7, 11) is 0. The van der Waals surface area contributed by atoms with Crippen LogP contribution in [0.2, 0.25) is 0 Å². The van der Waals surface area contributed by atoms with E-state index in [1.54, 1.807) is 0 Å². The van der Waals surface area contributed by atoms with E-state index in [9.17, 15) is 9.59 Å². The molecule has 166 valence electrons. The highest BCUT2D eigenvalue weighted by atomic mass is 32.1. The minimum absolute atomic E-state index is 0.325. The third-order valence-electron chi connectivity index (χ3n) is 5.09. The second-order valence-electron chi connectivity index (χ2n) is 7.90. The molecule has 0 saturated heterocycles. The quantitative estimate of drug-likeness (QED) is 0.0916. The molecule has 28 heavy (non-hydrogen) atoms. The van der Waals surface area contributed by atoms with Crippen molar-refractivity contribution in [1.82, 2.24) is 0 Å². The van der Waals surface area contributed by atoms with Crippen molar-refractivity contribution in [3.8, 4) is 0 Å². The molecule has 0 bridgehead atoms. The zero-order chi connectivity index (χ0) is 20.9. The standard InChI is InChI=1S/C23H44O3S2/c1-2-3-4-5-6-7-8-9-10-11-12-13-17-22(24)26-23(25)18-15-14-16-21(28)19-20-27/h21,27-28H,2-20H2,1H3. The van der Waals surface area contributed by atoms with Crippen LogP contribution >= 0.6 is 25.3 Å². The second kappa shape index (κ2) is 21.5. The van der Waals surface area contributed by atoms with Gasteiger partial charge in [-0.25, -0.2) is 0 Å². The lowest BCUT2D eigenvalue weighted by Crippen LogP contribution is -2.12. The van der Waals surface area contributed by atoms with Crippen LogP contribution in [0.3, 0.4) is 0 Å². The summed E-state index contributed by atoms with van der Waals surface area (Å²) < 4.78 is 4.90. The lowest BCUT2D eigenvalue weighted by molar-refractivity contribution is -0.159. The predicted octanol–water partition coefficient (Wildman–Crippen LogP) is 7.33. The Labute approximate surface area is 185 Å². The van der Waals surface area contributed by atoms with Crippen LogP contribution in [0, 0.1) is 0 Å². The molecule has 0 aromatic rings. The van der Waals surface area contributed by atoms with E-state index in [4.69, 9.17) is 4.74 Å². The molecule has 0 heterocycles. The number of thiol groups is 2. The van der Waals surface area contributed by atoms with Crippen LogP contribution in [0.15, 0.2) is 0 Å². The van der Waals surface area contributed by atoms with Crippen molar-refractivity contribution in [3.05, 3.63) is 0 Å². The molecule has 0 aliphatic rings. The molecule has 5 heteroatoms. The first-order valence-electron chi connectivity index (χ1n) is 11.6. The molecule has 0 N–H and O–H groups in total. The van der Waals surface area contributed by atoms with Crippen LogP contribution in [0.4, 0.5) is 0 Å². The molecule has 3 nitrogen and oxygen atoms in total. The molecule has 0 aromatic heterocycles. The van der Waals surface area contributed by atoms with Gasteiger partial charge in [0.05, 0.1) is 0 Å². The van der Waals surface area contributed by atoms with Crippen molar-refractivity contribution in [2.75, 3.05) is 5.75 Å². The largest absolute Gasteiger partial charge is 0.393 e. The summed E-state index contributed by atoms with van der Waals surface area (Å²) in [5, 5.41) is 0.348. The highest BCUT2D eigenvalue weighted by Crippen LogP contribution is 2.14. The number of unbranched alkanes of at least 4 members (excludes halogenated alkanes) is 12. The van der Waals surface area contributed by atoms with E-state index in [1.165, 1.54) is 64.2 Å². The van der Waals surface area contributed by atoms with Crippen LogP contribution in [0.25, 0.3) is 0 Å². The van der Waals surface area contributed by atoms with E-state index in [0.717, 1.165) is 44.3 Å². The third-order valence-corrected chi connectivity index (χ3v) is 5.87. The minimum Gasteiger partial charge on any atom is -0.393 e. The maximum atomic E-state index is 11.7. The fraction of sp³-hybridized carbons (Fsp3) is 0.913. The van der Waals surface area contributed by atoms with Crippen molar-refractivity contribution in [3.63, 3.8) is 0 Å². The molecule has 0 aliphatic carbocycles. The summed E-state index contributed by atoms with van der Waals surface area (Å²) in [5.41, 5.74) is 0. The van der Waals surface area contributed by atoms with Gasteiger partial charge in [-0.2, -0.15) is 25.3 Å². The van der Waals surface area contributed by atoms with Gasteiger partial charge in [-0.1, -0.05) is 84.0 Å². The van der Waals surface area contributed by atoms with E-state index in [-0.39, 0.29) is 11.9 Å². The maximum Gasteiger partial charge on any atom is 0.313 e. The predicted molar refractivity (Wildman–Crippen MR) is 127 cm³/mol. The summed E-state index contributed by atoms with van der Waals surface area (Å²) >= 11 is 8.65. The summed E-state index contributed by atoms with van der Waals surface area (Å²) in [6.45, 7) is 2.25. The first-order valence-corrected chi connectivity index (χ1v) is 12.8. The summed E-state index contributed by atoms with van der Waals surface area (Å²) in [4.78, 5) is 23.4. The van der Waals surface area contributed by atoms with E-state index >= 15 is 0 Å². The fourth-order valence-electron chi connectivity index (χ4n) is 3.28. The van der Waals surface area contributed by atoms with Gasteiger partial charge in [0.15, 0.2) is 0 Å². The van der Waals surface area contributed by atoms with Gasteiger partial charge in [0.25, 0.3) is 0 Å². The average molecular weight is 433 g/mol. The van der Waals surface area contributed by atoms with Crippen molar-refractivity contribution >= 4 is 37.2 Å². The van der Waals surface area contributed by atoms with Gasteiger partial charge < -0.3 is 4.74 Å². The zero-order valence-corrected chi connectivity index (χ0v) is 19.9.